The molecule has 12 nitrogen and oxygen atoms in total. The zero-order valence-corrected chi connectivity index (χ0v) is 19.9. The van der Waals surface area contributed by atoms with Gasteiger partial charge in [0, 0.05) is 38.1 Å². The monoisotopic (exact) mass is 498 g/mol. The highest BCUT2D eigenvalue weighted by Gasteiger charge is 2.30. The van der Waals surface area contributed by atoms with Gasteiger partial charge in [-0.2, -0.15) is 0 Å². The second kappa shape index (κ2) is 13.1. The van der Waals surface area contributed by atoms with Gasteiger partial charge in [-0.05, 0) is 25.5 Å². The number of para-hydroxylation sites is 1. The number of hydrogen-bond donors (Lipinski definition) is 5. The smallest absolute Gasteiger partial charge is 0.255 e. The van der Waals surface area contributed by atoms with Crippen molar-refractivity contribution in [1.82, 2.24) is 31.2 Å². The van der Waals surface area contributed by atoms with E-state index in [1.54, 1.807) is 30.5 Å². The lowest BCUT2D eigenvalue weighted by Crippen LogP contribution is -2.55. The average molecular weight is 499 g/mol. The van der Waals surface area contributed by atoms with Gasteiger partial charge in [-0.15, -0.1) is 0 Å². The number of carbonyl (C=O) groups is 4. The number of carbonyl (C=O) groups excluding carboxylic acids is 4. The molecule has 0 saturated heterocycles. The predicted molar refractivity (Wildman–Crippen MR) is 128 cm³/mol. The highest BCUT2D eigenvalue weighted by Crippen LogP contribution is 2.18. The van der Waals surface area contributed by atoms with Crippen LogP contribution in [-0.2, 0) is 20.8 Å². The summed E-state index contributed by atoms with van der Waals surface area (Å²) in [6, 6.07) is 4.06. The highest BCUT2D eigenvalue weighted by atomic mass is 16.5. The second-order valence-corrected chi connectivity index (χ2v) is 8.24. The third-order valence-electron chi connectivity index (χ3n) is 5.40. The zero-order chi connectivity index (χ0) is 25.9. The molecule has 2 aromatic rings. The van der Waals surface area contributed by atoms with Crippen molar-refractivity contribution in [1.29, 1.82) is 0 Å². The first kappa shape index (κ1) is 26.5. The molecule has 36 heavy (non-hydrogen) atoms. The third-order valence-corrected chi connectivity index (χ3v) is 5.40. The molecule has 3 atom stereocenters. The molecule has 4 amide bonds. The maximum Gasteiger partial charge on any atom is 0.255 e. The summed E-state index contributed by atoms with van der Waals surface area (Å²) in [6.07, 6.45) is 3.84. The molecule has 0 bridgehead atoms. The van der Waals surface area contributed by atoms with E-state index in [-0.39, 0.29) is 25.3 Å². The van der Waals surface area contributed by atoms with Crippen LogP contribution in [0.25, 0.3) is 0 Å². The van der Waals surface area contributed by atoms with Crippen molar-refractivity contribution in [3.8, 4) is 5.75 Å². The van der Waals surface area contributed by atoms with Crippen molar-refractivity contribution in [3.05, 3.63) is 54.1 Å². The number of aliphatic hydroxyl groups is 1. The van der Waals surface area contributed by atoms with Crippen LogP contribution in [0.3, 0.4) is 0 Å². The van der Waals surface area contributed by atoms with Crippen LogP contribution in [0, 0.1) is 0 Å². The van der Waals surface area contributed by atoms with E-state index < -0.39 is 48.2 Å². The molecule has 1 aliphatic rings. The zero-order valence-electron chi connectivity index (χ0n) is 19.9. The fourth-order valence-electron chi connectivity index (χ4n) is 3.52. The Morgan fingerprint density at radius 1 is 1.22 bits per heavy atom. The minimum Gasteiger partial charge on any atom is -0.493 e. The van der Waals surface area contributed by atoms with Gasteiger partial charge in [0.25, 0.3) is 5.91 Å². The van der Waals surface area contributed by atoms with Gasteiger partial charge in [0.2, 0.25) is 17.7 Å². The highest BCUT2D eigenvalue weighted by molar-refractivity contribution is 6.01. The molecular formula is C24H30N6O6. The molecule has 1 aliphatic heterocycles. The Morgan fingerprint density at radius 3 is 2.78 bits per heavy atom. The number of aliphatic hydroxyl groups excluding tert-OH is 1. The molecule has 0 aliphatic carbocycles. The summed E-state index contributed by atoms with van der Waals surface area (Å²) in [5.74, 6) is -2.14. The number of nitrogens with zero attached hydrogens (tertiary/aromatic N) is 2. The van der Waals surface area contributed by atoms with E-state index in [0.29, 0.717) is 24.3 Å². The standard InChI is InChI=1S/C24H30N6O6/c1-15(31)21-24(35)27-8-4-12-36-19-6-3-2-5-17(19)22(33)29-18(13-20(32)30-21)23(34)28-9-7-16-14-25-10-11-26-16/h2-3,5-6,10-11,14-15,18,21,31H,4,7-9,12-13H2,1H3,(H,27,35)(H,28,34)(H,29,33)(H,30,32)/t15-,18+,21+/m1/s1. The van der Waals surface area contributed by atoms with Crippen LogP contribution in [0.2, 0.25) is 0 Å². The van der Waals surface area contributed by atoms with Gasteiger partial charge < -0.3 is 31.1 Å². The van der Waals surface area contributed by atoms with Crippen molar-refractivity contribution in [3.63, 3.8) is 0 Å². The molecule has 0 fully saturated rings. The maximum atomic E-state index is 13.1. The molecule has 2 heterocycles. The van der Waals surface area contributed by atoms with Crippen LogP contribution < -0.4 is 26.0 Å². The minimum absolute atomic E-state index is 0.198. The molecule has 0 saturated carbocycles. The Labute approximate surface area is 208 Å². The summed E-state index contributed by atoms with van der Waals surface area (Å²) in [7, 11) is 0. The molecule has 1 aromatic carbocycles. The quantitative estimate of drug-likeness (QED) is 0.352. The van der Waals surface area contributed by atoms with Crippen molar-refractivity contribution in [2.24, 2.45) is 0 Å². The number of fused-ring (bicyclic) bond motifs is 1. The van der Waals surface area contributed by atoms with Crippen molar-refractivity contribution >= 4 is 23.6 Å². The first-order valence-corrected chi connectivity index (χ1v) is 11.7. The lowest BCUT2D eigenvalue weighted by atomic mass is 10.1. The fraction of sp³-hybridized carbons (Fsp3) is 0.417. The summed E-state index contributed by atoms with van der Waals surface area (Å²) < 4.78 is 5.72. The molecule has 0 radical (unpaired) electrons. The Bertz CT molecular complexity index is 1060. The molecular weight excluding hydrogens is 468 g/mol. The van der Waals surface area contributed by atoms with E-state index in [2.05, 4.69) is 31.2 Å². The van der Waals surface area contributed by atoms with Gasteiger partial charge in [0.15, 0.2) is 0 Å². The largest absolute Gasteiger partial charge is 0.493 e. The van der Waals surface area contributed by atoms with E-state index in [9.17, 15) is 24.3 Å². The van der Waals surface area contributed by atoms with E-state index in [4.69, 9.17) is 4.74 Å². The Morgan fingerprint density at radius 2 is 2.03 bits per heavy atom. The average Bonchev–Trinajstić information content (AvgIpc) is 2.87. The van der Waals surface area contributed by atoms with E-state index >= 15 is 0 Å². The number of amides is 4. The molecule has 12 heteroatoms. The van der Waals surface area contributed by atoms with Crippen LogP contribution in [-0.4, -0.2) is 76.6 Å². The van der Waals surface area contributed by atoms with Gasteiger partial charge in [0.1, 0.15) is 17.8 Å². The van der Waals surface area contributed by atoms with Crippen molar-refractivity contribution in [2.75, 3.05) is 19.7 Å². The molecule has 3 rings (SSSR count). The van der Waals surface area contributed by atoms with Crippen LogP contribution in [0.5, 0.6) is 5.75 Å². The van der Waals surface area contributed by atoms with Crippen molar-refractivity contribution in [2.45, 2.75) is 44.4 Å². The Balaban J connectivity index is 1.79. The predicted octanol–water partition coefficient (Wildman–Crippen LogP) is -0.912. The molecule has 1 aromatic heterocycles. The molecule has 0 unspecified atom stereocenters. The fourth-order valence-corrected chi connectivity index (χ4v) is 3.52. The van der Waals surface area contributed by atoms with Gasteiger partial charge in [-0.3, -0.25) is 29.1 Å². The Hall–Kier alpha value is -4.06. The molecule has 0 spiro atoms. The normalized spacial score (nSPS) is 20.2. The number of benzene rings is 1. The summed E-state index contributed by atoms with van der Waals surface area (Å²) >= 11 is 0. The van der Waals surface area contributed by atoms with Crippen LogP contribution in [0.1, 0.15) is 35.8 Å². The second-order valence-electron chi connectivity index (χ2n) is 8.24. The number of nitrogens with one attached hydrogen (secondary N) is 4. The van der Waals surface area contributed by atoms with E-state index in [0.717, 1.165) is 0 Å². The van der Waals surface area contributed by atoms with Gasteiger partial charge in [-0.1, -0.05) is 12.1 Å². The first-order chi connectivity index (χ1) is 17.3. The molecule has 5 N–H and O–H groups in total. The van der Waals surface area contributed by atoms with Gasteiger partial charge >= 0.3 is 0 Å². The van der Waals surface area contributed by atoms with E-state index in [1.807, 2.05) is 0 Å². The van der Waals surface area contributed by atoms with Gasteiger partial charge in [-0.25, -0.2) is 0 Å². The number of ether oxygens (including phenoxy) is 1. The maximum absolute atomic E-state index is 13.1. The molecule has 192 valence electrons. The number of hydrogen-bond acceptors (Lipinski definition) is 8. The van der Waals surface area contributed by atoms with Crippen LogP contribution >= 0.6 is 0 Å². The Kier molecular flexibility index (Phi) is 9.69. The summed E-state index contributed by atoms with van der Waals surface area (Å²) in [4.78, 5) is 59.4. The number of aromatic nitrogens is 2. The van der Waals surface area contributed by atoms with Gasteiger partial charge in [0.05, 0.1) is 30.4 Å². The van der Waals surface area contributed by atoms with Crippen LogP contribution in [0.4, 0.5) is 0 Å². The summed E-state index contributed by atoms with van der Waals surface area (Å²) in [5.41, 5.74) is 0.870. The van der Waals surface area contributed by atoms with Crippen molar-refractivity contribution < 1.29 is 29.0 Å². The summed E-state index contributed by atoms with van der Waals surface area (Å²) in [6.45, 7) is 2.02. The topological polar surface area (TPSA) is 172 Å². The lowest BCUT2D eigenvalue weighted by molar-refractivity contribution is -0.133. The number of rotatable bonds is 5. The first-order valence-electron chi connectivity index (χ1n) is 11.7. The minimum atomic E-state index is -1.25. The lowest BCUT2D eigenvalue weighted by Gasteiger charge is -2.23. The van der Waals surface area contributed by atoms with E-state index in [1.165, 1.54) is 19.3 Å². The third kappa shape index (κ3) is 7.73. The van der Waals surface area contributed by atoms with Crippen LogP contribution in [0.15, 0.2) is 42.9 Å². The summed E-state index contributed by atoms with van der Waals surface area (Å²) in [5, 5.41) is 20.4. The SMILES string of the molecule is C[C@@H](O)[C@@H]1NC(=O)C[C@@H](C(=O)NCCc2cnccn2)NC(=O)c2ccccc2OCCCNC1=O.